The lowest BCUT2D eigenvalue weighted by atomic mass is 10.0. The highest BCUT2D eigenvalue weighted by atomic mass is 35.5. The van der Waals surface area contributed by atoms with Crippen molar-refractivity contribution in [3.63, 3.8) is 0 Å². The molecule has 0 saturated heterocycles. The maximum atomic E-state index is 12.5. The number of fused-ring (bicyclic) bond motifs is 3. The second-order valence-electron chi connectivity index (χ2n) is 5.39. The van der Waals surface area contributed by atoms with E-state index in [9.17, 15) is 9.59 Å². The topological polar surface area (TPSA) is 68.1 Å². The number of aromatic nitrogens is 3. The summed E-state index contributed by atoms with van der Waals surface area (Å²) < 4.78 is 1.61. The average Bonchev–Trinajstić information content (AvgIpc) is 2.99. The molecule has 0 fully saturated rings. The Kier molecular flexibility index (Phi) is 2.80. The Balaban J connectivity index is 2.10. The van der Waals surface area contributed by atoms with E-state index >= 15 is 0 Å². The summed E-state index contributed by atoms with van der Waals surface area (Å²) in [5.41, 5.74) is 2.66. The van der Waals surface area contributed by atoms with Gasteiger partial charge in [-0.05, 0) is 12.1 Å². The summed E-state index contributed by atoms with van der Waals surface area (Å²) in [4.78, 5) is 30.1. The zero-order valence-corrected chi connectivity index (χ0v) is 13.1. The molecule has 1 aromatic carbocycles. The first-order chi connectivity index (χ1) is 11.0. The molecule has 2 amide bonds. The van der Waals surface area contributed by atoms with Gasteiger partial charge in [0.05, 0.1) is 16.5 Å². The highest BCUT2D eigenvalue weighted by Gasteiger charge is 2.37. The molecule has 1 aliphatic rings. The molecule has 23 heavy (non-hydrogen) atoms. The predicted octanol–water partition coefficient (Wildman–Crippen LogP) is 2.51. The van der Waals surface area contributed by atoms with Gasteiger partial charge in [-0.15, -0.1) is 0 Å². The standard InChI is InChI=1S/C16H11ClN4O2/c1-20-15(22)10-7-18-14-12(11(10)16(20)23)13(19-21(14)2)8-3-5-9(17)6-4-8/h3-7H,1-2H3. The normalized spacial score (nSPS) is 14.0. The Bertz CT molecular complexity index is 991. The van der Waals surface area contributed by atoms with E-state index in [2.05, 4.69) is 10.1 Å². The number of carbonyl (C=O) groups is 2. The van der Waals surface area contributed by atoms with E-state index in [0.717, 1.165) is 10.5 Å². The number of hydrogen-bond acceptors (Lipinski definition) is 4. The second-order valence-corrected chi connectivity index (χ2v) is 5.83. The van der Waals surface area contributed by atoms with Crippen LogP contribution in [0.5, 0.6) is 0 Å². The van der Waals surface area contributed by atoms with Crippen LogP contribution in [0.25, 0.3) is 22.3 Å². The van der Waals surface area contributed by atoms with Crippen molar-refractivity contribution in [2.75, 3.05) is 7.05 Å². The number of aryl methyl sites for hydroxylation is 1. The van der Waals surface area contributed by atoms with E-state index in [-0.39, 0.29) is 11.8 Å². The van der Waals surface area contributed by atoms with Gasteiger partial charge >= 0.3 is 0 Å². The summed E-state index contributed by atoms with van der Waals surface area (Å²) in [6.45, 7) is 0. The number of halogens is 1. The Morgan fingerprint density at radius 1 is 1.04 bits per heavy atom. The van der Waals surface area contributed by atoms with Crippen LogP contribution >= 0.6 is 11.6 Å². The van der Waals surface area contributed by atoms with Gasteiger partial charge in [0, 0.05) is 30.9 Å². The molecule has 1 aliphatic heterocycles. The van der Waals surface area contributed by atoms with Crippen LogP contribution in [0.1, 0.15) is 20.7 Å². The summed E-state index contributed by atoms with van der Waals surface area (Å²) >= 11 is 5.93. The largest absolute Gasteiger partial charge is 0.277 e. The van der Waals surface area contributed by atoms with Crippen molar-refractivity contribution < 1.29 is 9.59 Å². The van der Waals surface area contributed by atoms with Crippen LogP contribution in [0.15, 0.2) is 30.5 Å². The maximum absolute atomic E-state index is 12.5. The number of amides is 2. The summed E-state index contributed by atoms with van der Waals surface area (Å²) in [5.74, 6) is -0.675. The molecular weight excluding hydrogens is 316 g/mol. The maximum Gasteiger partial charge on any atom is 0.262 e. The van der Waals surface area contributed by atoms with Crippen LogP contribution in [0, 0.1) is 0 Å². The van der Waals surface area contributed by atoms with Crippen LogP contribution in [-0.2, 0) is 7.05 Å². The third kappa shape index (κ3) is 1.82. The van der Waals surface area contributed by atoms with E-state index in [1.165, 1.54) is 13.2 Å². The first-order valence-corrected chi connectivity index (χ1v) is 7.31. The van der Waals surface area contributed by atoms with Gasteiger partial charge in [0.15, 0.2) is 5.65 Å². The van der Waals surface area contributed by atoms with Gasteiger partial charge in [0.1, 0.15) is 5.69 Å². The fourth-order valence-corrected chi connectivity index (χ4v) is 2.98. The van der Waals surface area contributed by atoms with E-state index in [1.807, 2.05) is 12.1 Å². The minimum absolute atomic E-state index is 0.313. The van der Waals surface area contributed by atoms with Crippen LogP contribution in [-0.4, -0.2) is 38.5 Å². The SMILES string of the molecule is CN1C(=O)c2cnc3c(c(-c4ccc(Cl)cc4)nn3C)c2C1=O. The van der Waals surface area contributed by atoms with Crippen molar-refractivity contribution in [1.29, 1.82) is 0 Å². The van der Waals surface area contributed by atoms with E-state index in [0.29, 0.717) is 32.9 Å². The van der Waals surface area contributed by atoms with Crippen molar-refractivity contribution >= 4 is 34.4 Å². The molecule has 0 bridgehead atoms. The van der Waals surface area contributed by atoms with Crippen molar-refractivity contribution in [2.45, 2.75) is 0 Å². The van der Waals surface area contributed by atoms with Crippen molar-refractivity contribution in [3.8, 4) is 11.3 Å². The zero-order chi connectivity index (χ0) is 16.3. The lowest BCUT2D eigenvalue weighted by Crippen LogP contribution is -2.24. The van der Waals surface area contributed by atoms with Gasteiger partial charge in [-0.3, -0.25) is 14.5 Å². The molecule has 6 nitrogen and oxygen atoms in total. The minimum atomic E-state index is -0.342. The highest BCUT2D eigenvalue weighted by Crippen LogP contribution is 2.35. The summed E-state index contributed by atoms with van der Waals surface area (Å²) in [7, 11) is 3.22. The fourth-order valence-electron chi connectivity index (χ4n) is 2.85. The quantitative estimate of drug-likeness (QED) is 0.644. The lowest BCUT2D eigenvalue weighted by Gasteiger charge is -2.03. The molecule has 0 N–H and O–H groups in total. The van der Waals surface area contributed by atoms with Gasteiger partial charge in [-0.2, -0.15) is 5.10 Å². The van der Waals surface area contributed by atoms with E-state index < -0.39 is 0 Å². The molecule has 114 valence electrons. The molecule has 3 heterocycles. The minimum Gasteiger partial charge on any atom is -0.277 e. The zero-order valence-electron chi connectivity index (χ0n) is 12.4. The lowest BCUT2D eigenvalue weighted by molar-refractivity contribution is 0.0693. The van der Waals surface area contributed by atoms with Gasteiger partial charge in [-0.1, -0.05) is 23.7 Å². The van der Waals surface area contributed by atoms with Crippen LogP contribution < -0.4 is 0 Å². The monoisotopic (exact) mass is 326 g/mol. The van der Waals surface area contributed by atoms with E-state index in [4.69, 9.17) is 11.6 Å². The van der Waals surface area contributed by atoms with Gasteiger partial charge in [-0.25, -0.2) is 9.67 Å². The van der Waals surface area contributed by atoms with Crippen LogP contribution in [0.2, 0.25) is 5.02 Å². The Morgan fingerprint density at radius 3 is 2.43 bits per heavy atom. The van der Waals surface area contributed by atoms with Crippen molar-refractivity contribution in [3.05, 3.63) is 46.6 Å². The summed E-state index contributed by atoms with van der Waals surface area (Å²) in [6.07, 6.45) is 1.44. The molecule has 3 aromatic rings. The molecule has 0 spiro atoms. The highest BCUT2D eigenvalue weighted by molar-refractivity contribution is 6.30. The Labute approximate surface area is 136 Å². The molecular formula is C16H11ClN4O2. The van der Waals surface area contributed by atoms with Crippen molar-refractivity contribution in [2.24, 2.45) is 7.05 Å². The number of imide groups is 1. The Hall–Kier alpha value is -2.73. The number of nitrogens with zero attached hydrogens (tertiary/aromatic N) is 4. The molecule has 0 radical (unpaired) electrons. The molecule has 4 rings (SSSR count). The summed E-state index contributed by atoms with van der Waals surface area (Å²) in [5, 5.41) is 5.69. The third-order valence-corrected chi connectivity index (χ3v) is 4.28. The Morgan fingerprint density at radius 2 is 1.74 bits per heavy atom. The predicted molar refractivity (Wildman–Crippen MR) is 85.4 cm³/mol. The van der Waals surface area contributed by atoms with Gasteiger partial charge in [0.25, 0.3) is 11.8 Å². The average molecular weight is 327 g/mol. The molecule has 0 unspecified atom stereocenters. The van der Waals surface area contributed by atoms with Gasteiger partial charge < -0.3 is 0 Å². The number of rotatable bonds is 1. The molecule has 2 aromatic heterocycles. The molecule has 7 heteroatoms. The fraction of sp³-hybridized carbons (Fsp3) is 0.125. The molecule has 0 atom stereocenters. The number of hydrogen-bond donors (Lipinski definition) is 0. The first kappa shape index (κ1) is 13.9. The third-order valence-electron chi connectivity index (χ3n) is 4.02. The number of carbonyl (C=O) groups excluding carboxylic acids is 2. The van der Waals surface area contributed by atoms with E-state index in [1.54, 1.807) is 23.9 Å². The second kappa shape index (κ2) is 4.63. The van der Waals surface area contributed by atoms with Crippen molar-refractivity contribution in [1.82, 2.24) is 19.7 Å². The van der Waals surface area contributed by atoms with Crippen LogP contribution in [0.4, 0.5) is 0 Å². The number of benzene rings is 1. The first-order valence-electron chi connectivity index (χ1n) is 6.93. The number of pyridine rings is 1. The molecule has 0 saturated carbocycles. The smallest absolute Gasteiger partial charge is 0.262 e. The summed E-state index contributed by atoms with van der Waals surface area (Å²) in [6, 6.07) is 7.17. The molecule has 0 aliphatic carbocycles. The van der Waals surface area contributed by atoms with Gasteiger partial charge in [0.2, 0.25) is 0 Å². The van der Waals surface area contributed by atoms with Crippen LogP contribution in [0.3, 0.4) is 0 Å².